The minimum absolute atomic E-state index is 0.0731. The molecule has 2 aliphatic rings. The molecule has 0 spiro atoms. The molecule has 15 rings (SSSR count). The normalized spacial score (nSPS) is 11.8. The van der Waals surface area contributed by atoms with Gasteiger partial charge in [-0.2, -0.15) is 0 Å². The van der Waals surface area contributed by atoms with Gasteiger partial charge in [-0.05, 0) is 70.8 Å². The fourth-order valence-corrected chi connectivity index (χ4v) is 10.4. The fraction of sp³-hybridized carbons (Fsp3) is 0. The molecule has 0 atom stereocenters. The highest BCUT2D eigenvalue weighted by molar-refractivity contribution is 6.10. The summed E-state index contributed by atoms with van der Waals surface area (Å²) in [7, 11) is 0. The van der Waals surface area contributed by atoms with Crippen molar-refractivity contribution in [3.05, 3.63) is 206 Å². The molecule has 0 fully saturated rings. The van der Waals surface area contributed by atoms with E-state index in [9.17, 15) is 9.90 Å². The molecule has 2 aliphatic heterocycles. The molecule has 13 nitrogen and oxygen atoms in total. The molecule has 76 heavy (non-hydrogen) atoms. The molecule has 8 bridgehead atoms. The first kappa shape index (κ1) is 42.9. The Bertz CT molecular complexity index is 4710. The van der Waals surface area contributed by atoms with Gasteiger partial charge in [-0.25, -0.2) is 34.7 Å². The second-order valence-electron chi connectivity index (χ2n) is 18.4. The number of carboxylic acids is 1. The number of carbonyl (C=O) groups is 1. The van der Waals surface area contributed by atoms with Crippen LogP contribution >= 0.6 is 0 Å². The van der Waals surface area contributed by atoms with Gasteiger partial charge in [0.15, 0.2) is 23.3 Å². The molecule has 0 saturated carbocycles. The van der Waals surface area contributed by atoms with Gasteiger partial charge in [0.1, 0.15) is 57.1 Å². The van der Waals surface area contributed by atoms with E-state index in [1.165, 1.54) is 0 Å². The smallest absolute Gasteiger partial charge is 0.335 e. The number of aromatic nitrogens is 8. The second-order valence-corrected chi connectivity index (χ2v) is 18.4. The number of benzene rings is 10. The zero-order valence-corrected chi connectivity index (χ0v) is 39.8. The molecule has 0 radical (unpaired) electrons. The predicted octanol–water partition coefficient (Wildman–Crippen LogP) is 15.4. The highest BCUT2D eigenvalue weighted by Gasteiger charge is 2.28. The Labute approximate surface area is 430 Å². The number of H-pyrrole nitrogens is 2. The molecule has 5 heterocycles. The quantitative estimate of drug-likeness (QED) is 0.139. The van der Waals surface area contributed by atoms with E-state index in [4.69, 9.17) is 44.1 Å². The van der Waals surface area contributed by atoms with E-state index >= 15 is 0 Å². The first-order chi connectivity index (χ1) is 37.5. The maximum atomic E-state index is 12.5. The maximum Gasteiger partial charge on any atom is 0.335 e. The molecular formula is C63H36N8O5. The largest absolute Gasteiger partial charge is 0.478 e. The van der Waals surface area contributed by atoms with Crippen LogP contribution in [0.15, 0.2) is 200 Å². The van der Waals surface area contributed by atoms with Crippen LogP contribution in [0.1, 0.15) is 10.4 Å². The molecule has 0 saturated heterocycles. The van der Waals surface area contributed by atoms with E-state index in [2.05, 4.69) is 22.1 Å². The highest BCUT2D eigenvalue weighted by atomic mass is 16.5. The van der Waals surface area contributed by atoms with Crippen LogP contribution in [0.4, 0.5) is 0 Å². The van der Waals surface area contributed by atoms with Crippen LogP contribution < -0.4 is 14.2 Å². The number of nitrogens with one attached hydrogen (secondary N) is 2. The third kappa shape index (κ3) is 6.98. The number of fused-ring (bicyclic) bond motifs is 23. The first-order valence-electron chi connectivity index (χ1n) is 24.5. The molecule has 13 aromatic rings. The third-order valence-corrected chi connectivity index (χ3v) is 14.0. The summed E-state index contributed by atoms with van der Waals surface area (Å²) in [5, 5.41) is 18.6. The van der Waals surface area contributed by atoms with E-state index in [1.54, 1.807) is 18.2 Å². The van der Waals surface area contributed by atoms with Gasteiger partial charge in [0.25, 0.3) is 0 Å². The van der Waals surface area contributed by atoms with Crippen molar-refractivity contribution in [2.24, 2.45) is 0 Å². The predicted molar refractivity (Wildman–Crippen MR) is 295 cm³/mol. The number of rotatable bonds is 7. The molecule has 10 aromatic carbocycles. The number of hydrogen-bond donors (Lipinski definition) is 3. The lowest BCUT2D eigenvalue weighted by atomic mass is 10.1. The van der Waals surface area contributed by atoms with Gasteiger partial charge in [0.05, 0.1) is 22.1 Å². The lowest BCUT2D eigenvalue weighted by Gasteiger charge is -2.12. The molecule has 0 amide bonds. The molecule has 13 heteroatoms. The molecule has 0 unspecified atom stereocenters. The molecule has 0 aliphatic carbocycles. The van der Waals surface area contributed by atoms with Crippen molar-refractivity contribution in [3.8, 4) is 80.0 Å². The highest BCUT2D eigenvalue weighted by Crippen LogP contribution is 2.47. The summed E-state index contributed by atoms with van der Waals surface area (Å²) < 4.78 is 20.7. The summed E-state index contributed by atoms with van der Waals surface area (Å²) >= 11 is 0. The monoisotopic (exact) mass is 984 g/mol. The average molecular weight is 985 g/mol. The Balaban J connectivity index is 1.04. The molecular weight excluding hydrogens is 949 g/mol. The molecule has 358 valence electrons. The van der Waals surface area contributed by atoms with Crippen LogP contribution in [0.2, 0.25) is 0 Å². The first-order valence-corrected chi connectivity index (χ1v) is 24.5. The van der Waals surface area contributed by atoms with Crippen LogP contribution in [-0.2, 0) is 0 Å². The Morgan fingerprint density at radius 2 is 0.737 bits per heavy atom. The Kier molecular flexibility index (Phi) is 9.53. The standard InChI is InChI=1S/C63H36N8O5/c72-63(73)37-31-32-41-45(33-37)59-64-55(41)66-60-53-43(23-11-29-50(53)75-47-26-8-17-35-14-2-5-20-39(35)47)57(68-60)70-62-54-44(24-12-30-51(54)76-48-27-9-18-36-15-3-6-21-40(36)48)58(71-62)69-61-52-42(56(65-59)67-61)22-10-28-49(52)74-46-25-7-16-34-13-1-4-19-38(34)46/h1-33H,(H,72,73)(H2,64,65,66,67,68,69,70,71). The lowest BCUT2D eigenvalue weighted by molar-refractivity contribution is 0.0697. The van der Waals surface area contributed by atoms with Gasteiger partial charge in [0.2, 0.25) is 0 Å². The minimum Gasteiger partial charge on any atom is -0.478 e. The summed E-state index contributed by atoms with van der Waals surface area (Å²) in [5.74, 6) is 3.69. The molecule has 3 aromatic heterocycles. The van der Waals surface area contributed by atoms with Crippen molar-refractivity contribution in [2.75, 3.05) is 0 Å². The van der Waals surface area contributed by atoms with Crippen LogP contribution in [0.5, 0.6) is 34.5 Å². The minimum atomic E-state index is -1.09. The number of hydrogen-bond acceptors (Lipinski definition) is 10. The van der Waals surface area contributed by atoms with Gasteiger partial charge in [-0.1, -0.05) is 146 Å². The van der Waals surface area contributed by atoms with Gasteiger partial charge >= 0.3 is 5.97 Å². The van der Waals surface area contributed by atoms with E-state index in [1.807, 2.05) is 170 Å². The summed E-state index contributed by atoms with van der Waals surface area (Å²) in [6, 6.07) is 64.2. The number of carboxylic acid groups (broad SMARTS) is 1. The lowest BCUT2D eigenvalue weighted by Crippen LogP contribution is -1.94. The van der Waals surface area contributed by atoms with Gasteiger partial charge in [-0.15, -0.1) is 0 Å². The van der Waals surface area contributed by atoms with E-state index in [-0.39, 0.29) is 5.56 Å². The zero-order chi connectivity index (χ0) is 50.4. The van der Waals surface area contributed by atoms with Crippen molar-refractivity contribution >= 4 is 82.4 Å². The van der Waals surface area contributed by atoms with E-state index in [0.717, 1.165) is 32.3 Å². The van der Waals surface area contributed by atoms with Gasteiger partial charge < -0.3 is 29.3 Å². The van der Waals surface area contributed by atoms with Crippen LogP contribution in [-0.4, -0.2) is 50.9 Å². The zero-order valence-electron chi connectivity index (χ0n) is 39.8. The summed E-state index contributed by atoms with van der Waals surface area (Å²) in [4.78, 5) is 51.2. The van der Waals surface area contributed by atoms with E-state index in [0.29, 0.717) is 124 Å². The van der Waals surface area contributed by atoms with Crippen LogP contribution in [0, 0.1) is 0 Å². The average Bonchev–Trinajstić information content (AvgIpc) is 4.20. The van der Waals surface area contributed by atoms with Crippen molar-refractivity contribution in [2.45, 2.75) is 0 Å². The SMILES string of the molecule is O=C(O)c1ccc2c3nc4nc(nc5[nH]c(nc6nc(nc([nH]3)c2c1)-c1cccc(Oc2cccc3ccccc23)c1-6)c1cccc(Oc2cccc3ccccc23)c51)-c1cccc(Oc2cccc3ccccc23)c1-4. The number of aromatic amines is 2. The van der Waals surface area contributed by atoms with Crippen molar-refractivity contribution in [1.82, 2.24) is 39.9 Å². The summed E-state index contributed by atoms with van der Waals surface area (Å²) in [6.45, 7) is 0. The Hall–Kier alpha value is -10.8. The number of ether oxygens (including phenoxy) is 3. The van der Waals surface area contributed by atoms with Crippen LogP contribution in [0.25, 0.3) is 122 Å². The van der Waals surface area contributed by atoms with Crippen molar-refractivity contribution < 1.29 is 24.1 Å². The second kappa shape index (κ2) is 16.9. The van der Waals surface area contributed by atoms with E-state index < -0.39 is 5.97 Å². The third-order valence-electron chi connectivity index (χ3n) is 14.0. The van der Waals surface area contributed by atoms with Crippen molar-refractivity contribution in [3.63, 3.8) is 0 Å². The summed E-state index contributed by atoms with van der Waals surface area (Å²) in [5.41, 5.74) is 4.13. The summed E-state index contributed by atoms with van der Waals surface area (Å²) in [6.07, 6.45) is 0. The number of aromatic carboxylic acids is 1. The Morgan fingerprint density at radius 1 is 0.342 bits per heavy atom. The van der Waals surface area contributed by atoms with Gasteiger partial charge in [0, 0.05) is 43.4 Å². The molecule has 3 N–H and O–H groups in total. The Morgan fingerprint density at radius 3 is 1.29 bits per heavy atom. The van der Waals surface area contributed by atoms with Crippen LogP contribution in [0.3, 0.4) is 0 Å². The topological polar surface area (TPSA) is 174 Å². The van der Waals surface area contributed by atoms with Gasteiger partial charge in [-0.3, -0.25) is 0 Å². The van der Waals surface area contributed by atoms with Crippen molar-refractivity contribution in [1.29, 1.82) is 0 Å². The number of nitrogens with zero attached hydrogens (tertiary/aromatic N) is 6. The maximum absolute atomic E-state index is 12.5. The fourth-order valence-electron chi connectivity index (χ4n) is 10.4.